The first-order chi connectivity index (χ1) is 10.2. The predicted molar refractivity (Wildman–Crippen MR) is 79.1 cm³/mol. The van der Waals surface area contributed by atoms with Crippen LogP contribution in [0.15, 0.2) is 0 Å². The van der Waals surface area contributed by atoms with Crippen LogP contribution in [0, 0.1) is 0 Å². The molecule has 0 unspecified atom stereocenters. The van der Waals surface area contributed by atoms with Gasteiger partial charge in [-0.05, 0) is 26.4 Å². The van der Waals surface area contributed by atoms with Gasteiger partial charge in [-0.15, -0.1) is 0 Å². The number of rotatable bonds is 3. The molecular weight excluding hydrogens is 272 g/mol. The monoisotopic (exact) mass is 298 g/mol. The fourth-order valence-electron chi connectivity index (χ4n) is 2.70. The van der Waals surface area contributed by atoms with E-state index in [1.807, 2.05) is 4.90 Å². The smallest absolute Gasteiger partial charge is 0.409 e. The average Bonchev–Trinajstić information content (AvgIpc) is 2.76. The molecule has 1 N–H and O–H groups in total. The van der Waals surface area contributed by atoms with Gasteiger partial charge in [0.15, 0.2) is 0 Å². The van der Waals surface area contributed by atoms with E-state index in [0.29, 0.717) is 39.3 Å². The lowest BCUT2D eigenvalue weighted by Crippen LogP contribution is -2.52. The van der Waals surface area contributed by atoms with Crippen LogP contribution in [0.1, 0.15) is 13.3 Å². The van der Waals surface area contributed by atoms with Crippen molar-refractivity contribution in [2.45, 2.75) is 13.3 Å². The van der Waals surface area contributed by atoms with E-state index in [1.165, 1.54) is 0 Å². The van der Waals surface area contributed by atoms with Gasteiger partial charge in [-0.2, -0.15) is 0 Å². The lowest BCUT2D eigenvalue weighted by Gasteiger charge is -2.35. The number of nitrogens with zero attached hydrogens (tertiary/aromatic N) is 3. The minimum absolute atomic E-state index is 0.167. The van der Waals surface area contributed by atoms with E-state index < -0.39 is 0 Å². The lowest BCUT2D eigenvalue weighted by atomic mass is 10.3. The highest BCUT2D eigenvalue weighted by Crippen LogP contribution is 2.05. The number of hydrogen-bond donors (Lipinski definition) is 1. The molecule has 21 heavy (non-hydrogen) atoms. The summed E-state index contributed by atoms with van der Waals surface area (Å²) < 4.78 is 4.98. The molecule has 0 spiro atoms. The van der Waals surface area contributed by atoms with Crippen LogP contribution in [0.2, 0.25) is 0 Å². The zero-order chi connectivity index (χ0) is 15.1. The largest absolute Gasteiger partial charge is 0.450 e. The summed E-state index contributed by atoms with van der Waals surface area (Å²) in [6.45, 7) is 8.88. The van der Waals surface area contributed by atoms with Crippen molar-refractivity contribution in [1.82, 2.24) is 20.0 Å². The standard InChI is InChI=1S/C14H26N4O3/c1-2-21-14(20)18-10-8-17(9-11-18)13(19)12-16-6-3-4-15-5-7-16/h15H,2-12H2,1H3. The van der Waals surface area contributed by atoms with Crippen molar-refractivity contribution in [2.24, 2.45) is 0 Å². The van der Waals surface area contributed by atoms with E-state index in [4.69, 9.17) is 4.74 Å². The normalized spacial score (nSPS) is 21.0. The third kappa shape index (κ3) is 4.86. The molecule has 2 fully saturated rings. The fraction of sp³-hybridized carbons (Fsp3) is 0.857. The van der Waals surface area contributed by atoms with Crippen LogP contribution < -0.4 is 5.32 Å². The third-order valence-electron chi connectivity index (χ3n) is 3.95. The highest BCUT2D eigenvalue weighted by Gasteiger charge is 2.25. The van der Waals surface area contributed by atoms with Crippen molar-refractivity contribution in [3.8, 4) is 0 Å². The molecule has 120 valence electrons. The summed E-state index contributed by atoms with van der Waals surface area (Å²) in [4.78, 5) is 29.7. The Morgan fingerprint density at radius 3 is 2.43 bits per heavy atom. The van der Waals surface area contributed by atoms with E-state index in [1.54, 1.807) is 11.8 Å². The SMILES string of the molecule is CCOC(=O)N1CCN(C(=O)CN2CCCNCC2)CC1. The number of nitrogens with one attached hydrogen (secondary N) is 1. The van der Waals surface area contributed by atoms with Crippen LogP contribution in [0.5, 0.6) is 0 Å². The third-order valence-corrected chi connectivity index (χ3v) is 3.95. The second kappa shape index (κ2) is 8.19. The molecule has 0 aromatic carbocycles. The molecular formula is C14H26N4O3. The summed E-state index contributed by atoms with van der Waals surface area (Å²) >= 11 is 0. The molecule has 0 aromatic heterocycles. The minimum atomic E-state index is -0.275. The number of hydrogen-bond acceptors (Lipinski definition) is 5. The van der Waals surface area contributed by atoms with Gasteiger partial charge in [-0.3, -0.25) is 9.69 Å². The van der Waals surface area contributed by atoms with Crippen molar-refractivity contribution in [1.29, 1.82) is 0 Å². The highest BCUT2D eigenvalue weighted by molar-refractivity contribution is 5.78. The first-order valence-electron chi connectivity index (χ1n) is 7.83. The average molecular weight is 298 g/mol. The molecule has 2 saturated heterocycles. The van der Waals surface area contributed by atoms with Gasteiger partial charge in [0.05, 0.1) is 13.2 Å². The van der Waals surface area contributed by atoms with E-state index in [-0.39, 0.29) is 12.0 Å². The van der Waals surface area contributed by atoms with E-state index in [0.717, 1.165) is 32.6 Å². The number of carbonyl (C=O) groups is 2. The van der Waals surface area contributed by atoms with Crippen LogP contribution in [0.3, 0.4) is 0 Å². The Labute approximate surface area is 126 Å². The molecule has 2 rings (SSSR count). The molecule has 2 amide bonds. The minimum Gasteiger partial charge on any atom is -0.450 e. The number of carbonyl (C=O) groups excluding carboxylic acids is 2. The van der Waals surface area contributed by atoms with E-state index in [2.05, 4.69) is 10.2 Å². The number of piperazine rings is 1. The zero-order valence-corrected chi connectivity index (χ0v) is 12.8. The Bertz CT molecular complexity index is 348. The summed E-state index contributed by atoms with van der Waals surface area (Å²) in [6, 6.07) is 0. The van der Waals surface area contributed by atoms with Gasteiger partial charge < -0.3 is 19.9 Å². The van der Waals surface area contributed by atoms with Gasteiger partial charge in [0, 0.05) is 39.3 Å². The maximum Gasteiger partial charge on any atom is 0.409 e. The van der Waals surface area contributed by atoms with Crippen molar-refractivity contribution in [2.75, 3.05) is 65.5 Å². The summed E-state index contributed by atoms with van der Waals surface area (Å²) in [5.41, 5.74) is 0. The number of amides is 2. The van der Waals surface area contributed by atoms with Gasteiger partial charge in [-0.25, -0.2) is 4.79 Å². The summed E-state index contributed by atoms with van der Waals surface area (Å²) in [5, 5.41) is 3.34. The van der Waals surface area contributed by atoms with Crippen LogP contribution in [0.4, 0.5) is 4.79 Å². The van der Waals surface area contributed by atoms with Gasteiger partial charge in [0.2, 0.25) is 5.91 Å². The Morgan fingerprint density at radius 2 is 1.71 bits per heavy atom. The highest BCUT2D eigenvalue weighted by atomic mass is 16.6. The summed E-state index contributed by atoms with van der Waals surface area (Å²) in [5.74, 6) is 0.167. The van der Waals surface area contributed by atoms with Gasteiger partial charge >= 0.3 is 6.09 Å². The zero-order valence-electron chi connectivity index (χ0n) is 12.8. The first-order valence-corrected chi connectivity index (χ1v) is 7.83. The van der Waals surface area contributed by atoms with Crippen molar-refractivity contribution < 1.29 is 14.3 Å². The molecule has 7 nitrogen and oxygen atoms in total. The van der Waals surface area contributed by atoms with Crippen molar-refractivity contribution in [3.05, 3.63) is 0 Å². The van der Waals surface area contributed by atoms with Crippen LogP contribution >= 0.6 is 0 Å². The quantitative estimate of drug-likeness (QED) is 0.767. The summed E-state index contributed by atoms with van der Waals surface area (Å²) in [7, 11) is 0. The maximum absolute atomic E-state index is 12.3. The van der Waals surface area contributed by atoms with Crippen LogP contribution in [-0.2, 0) is 9.53 Å². The Morgan fingerprint density at radius 1 is 1.00 bits per heavy atom. The topological polar surface area (TPSA) is 65.1 Å². The molecule has 2 aliphatic heterocycles. The Kier molecular flexibility index (Phi) is 6.25. The number of ether oxygens (including phenoxy) is 1. The molecule has 0 atom stereocenters. The molecule has 0 radical (unpaired) electrons. The van der Waals surface area contributed by atoms with Crippen molar-refractivity contribution in [3.63, 3.8) is 0 Å². The molecule has 7 heteroatoms. The predicted octanol–water partition coefficient (Wildman–Crippen LogP) is -0.418. The second-order valence-corrected chi connectivity index (χ2v) is 5.45. The van der Waals surface area contributed by atoms with Crippen LogP contribution in [0.25, 0.3) is 0 Å². The molecule has 2 heterocycles. The molecule has 0 bridgehead atoms. The van der Waals surface area contributed by atoms with Crippen molar-refractivity contribution >= 4 is 12.0 Å². The molecule has 0 aliphatic carbocycles. The first kappa shape index (κ1) is 16.0. The van der Waals surface area contributed by atoms with Gasteiger partial charge in [-0.1, -0.05) is 0 Å². The second-order valence-electron chi connectivity index (χ2n) is 5.45. The van der Waals surface area contributed by atoms with E-state index >= 15 is 0 Å². The summed E-state index contributed by atoms with van der Waals surface area (Å²) in [6.07, 6.45) is 0.812. The van der Waals surface area contributed by atoms with E-state index in [9.17, 15) is 9.59 Å². The molecule has 2 aliphatic rings. The van der Waals surface area contributed by atoms with Gasteiger partial charge in [0.25, 0.3) is 0 Å². The molecule has 0 aromatic rings. The molecule has 0 saturated carbocycles. The van der Waals surface area contributed by atoms with Crippen LogP contribution in [-0.4, -0.2) is 92.2 Å². The Hall–Kier alpha value is -1.34. The Balaban J connectivity index is 1.73. The maximum atomic E-state index is 12.3. The fourth-order valence-corrected chi connectivity index (χ4v) is 2.70. The lowest BCUT2D eigenvalue weighted by molar-refractivity contribution is -0.134. The van der Waals surface area contributed by atoms with Gasteiger partial charge in [0.1, 0.15) is 0 Å².